The second-order valence-electron chi connectivity index (χ2n) is 7.87. The summed E-state index contributed by atoms with van der Waals surface area (Å²) < 4.78 is 6.74. The number of rotatable bonds is 1. The summed E-state index contributed by atoms with van der Waals surface area (Å²) in [4.78, 5) is 5.04. The summed E-state index contributed by atoms with van der Waals surface area (Å²) >= 11 is 12.7. The van der Waals surface area contributed by atoms with E-state index in [2.05, 4.69) is 26.0 Å². The van der Waals surface area contributed by atoms with Crippen LogP contribution in [0.15, 0.2) is 39.4 Å². The van der Waals surface area contributed by atoms with Crippen LogP contribution in [0.3, 0.4) is 0 Å². The van der Waals surface area contributed by atoms with Gasteiger partial charge >= 0.3 is 0 Å². The SMILES string of the molecule is CC1CCC2(CC1)OC(C1=CC(Cl)CC(Cl)=C1)C1=CCC(C)N=C12. The maximum Gasteiger partial charge on any atom is 0.111 e. The molecule has 1 saturated carbocycles. The van der Waals surface area contributed by atoms with Crippen molar-refractivity contribution < 1.29 is 4.74 Å². The van der Waals surface area contributed by atoms with Gasteiger partial charge in [0, 0.05) is 17.0 Å². The lowest BCUT2D eigenvalue weighted by Crippen LogP contribution is -2.41. The third-order valence-corrected chi connectivity index (χ3v) is 6.37. The van der Waals surface area contributed by atoms with E-state index in [1.54, 1.807) is 0 Å². The molecule has 2 nitrogen and oxygen atoms in total. The first-order valence-electron chi connectivity index (χ1n) is 9.15. The highest BCUT2D eigenvalue weighted by Gasteiger charge is 2.51. The van der Waals surface area contributed by atoms with E-state index in [-0.39, 0.29) is 17.1 Å². The first-order chi connectivity index (χ1) is 11.5. The van der Waals surface area contributed by atoms with Gasteiger partial charge in [-0.2, -0.15) is 0 Å². The van der Waals surface area contributed by atoms with Gasteiger partial charge in [0.05, 0.1) is 17.1 Å². The fraction of sp³-hybridized carbons (Fsp3) is 0.650. The standard InChI is InChI=1S/C20H25Cl2NO/c1-12-5-7-20(8-6-12)19-17(4-3-13(2)23-19)18(24-20)14-9-15(21)11-16(22)10-14/h4,9-10,12-13,15,18H,3,5-8,11H2,1-2H3. The first kappa shape index (κ1) is 16.9. The number of allylic oxidation sites excluding steroid dienone is 2. The summed E-state index contributed by atoms with van der Waals surface area (Å²) in [6, 6.07) is 0.350. The normalized spacial score (nSPS) is 42.2. The molecule has 2 aliphatic heterocycles. The van der Waals surface area contributed by atoms with Crippen molar-refractivity contribution in [2.24, 2.45) is 10.9 Å². The highest BCUT2D eigenvalue weighted by Crippen LogP contribution is 2.48. The average Bonchev–Trinajstić information content (AvgIpc) is 2.84. The molecule has 0 aromatic heterocycles. The van der Waals surface area contributed by atoms with E-state index in [9.17, 15) is 0 Å². The fourth-order valence-corrected chi connectivity index (χ4v) is 5.12. The minimum absolute atomic E-state index is 0.0486. The van der Waals surface area contributed by atoms with E-state index < -0.39 is 0 Å². The molecule has 2 heterocycles. The molecule has 24 heavy (non-hydrogen) atoms. The largest absolute Gasteiger partial charge is 0.356 e. The smallest absolute Gasteiger partial charge is 0.111 e. The maximum atomic E-state index is 6.74. The van der Waals surface area contributed by atoms with Crippen molar-refractivity contribution >= 4 is 28.9 Å². The molecule has 1 spiro atoms. The molecule has 0 N–H and O–H groups in total. The van der Waals surface area contributed by atoms with Crippen LogP contribution < -0.4 is 0 Å². The molecule has 3 atom stereocenters. The van der Waals surface area contributed by atoms with Crippen LogP contribution in [-0.2, 0) is 4.74 Å². The highest BCUT2D eigenvalue weighted by molar-refractivity contribution is 6.31. The maximum absolute atomic E-state index is 6.74. The van der Waals surface area contributed by atoms with Crippen molar-refractivity contribution in [3.63, 3.8) is 0 Å². The van der Waals surface area contributed by atoms with E-state index in [4.69, 9.17) is 32.9 Å². The van der Waals surface area contributed by atoms with E-state index in [0.29, 0.717) is 12.5 Å². The molecule has 0 bridgehead atoms. The van der Waals surface area contributed by atoms with Gasteiger partial charge in [0.2, 0.25) is 0 Å². The van der Waals surface area contributed by atoms with E-state index in [1.807, 2.05) is 6.08 Å². The van der Waals surface area contributed by atoms with Crippen LogP contribution >= 0.6 is 23.2 Å². The Hall–Kier alpha value is -0.570. The molecule has 2 fully saturated rings. The Kier molecular flexibility index (Phi) is 4.43. The molecule has 0 aromatic carbocycles. The zero-order chi connectivity index (χ0) is 16.9. The quantitative estimate of drug-likeness (QED) is 0.557. The zero-order valence-electron chi connectivity index (χ0n) is 14.4. The van der Waals surface area contributed by atoms with Crippen molar-refractivity contribution in [2.75, 3.05) is 0 Å². The number of aliphatic imine (C=N–C) groups is 1. The Morgan fingerprint density at radius 1 is 1.25 bits per heavy atom. The highest BCUT2D eigenvalue weighted by atomic mass is 35.5. The molecule has 3 unspecified atom stereocenters. The monoisotopic (exact) mass is 365 g/mol. The molecule has 1 saturated heterocycles. The average molecular weight is 366 g/mol. The summed E-state index contributed by atoms with van der Waals surface area (Å²) in [5.74, 6) is 0.780. The lowest BCUT2D eigenvalue weighted by Gasteiger charge is -2.36. The van der Waals surface area contributed by atoms with Crippen LogP contribution in [0, 0.1) is 5.92 Å². The van der Waals surface area contributed by atoms with Gasteiger partial charge in [0.1, 0.15) is 11.7 Å². The Labute approximate surface area is 154 Å². The van der Waals surface area contributed by atoms with Crippen molar-refractivity contribution in [3.8, 4) is 0 Å². The van der Waals surface area contributed by atoms with E-state index in [0.717, 1.165) is 35.8 Å². The number of dihydropyridines is 1. The first-order valence-corrected chi connectivity index (χ1v) is 9.97. The van der Waals surface area contributed by atoms with Gasteiger partial charge in [-0.3, -0.25) is 4.99 Å². The number of alkyl halides is 1. The Morgan fingerprint density at radius 3 is 2.71 bits per heavy atom. The van der Waals surface area contributed by atoms with Crippen molar-refractivity contribution in [1.29, 1.82) is 0 Å². The van der Waals surface area contributed by atoms with Gasteiger partial charge in [0.15, 0.2) is 0 Å². The Bertz CT molecular complexity index is 653. The molecule has 0 amide bonds. The minimum Gasteiger partial charge on any atom is -0.356 e. The Balaban J connectivity index is 1.72. The number of fused-ring (bicyclic) bond motifs is 2. The summed E-state index contributed by atoms with van der Waals surface area (Å²) in [5.41, 5.74) is 3.38. The summed E-state index contributed by atoms with van der Waals surface area (Å²) in [5, 5.41) is 0.769. The molecule has 130 valence electrons. The topological polar surface area (TPSA) is 21.6 Å². The van der Waals surface area contributed by atoms with E-state index >= 15 is 0 Å². The second-order valence-corrected chi connectivity index (χ2v) is 8.92. The summed E-state index contributed by atoms with van der Waals surface area (Å²) in [6.45, 7) is 4.53. The van der Waals surface area contributed by atoms with Gasteiger partial charge < -0.3 is 4.74 Å². The molecule has 4 heteroatoms. The molecule has 4 aliphatic rings. The lowest BCUT2D eigenvalue weighted by atomic mass is 9.75. The third kappa shape index (κ3) is 2.91. The van der Waals surface area contributed by atoms with Crippen LogP contribution in [0.25, 0.3) is 0 Å². The molecule has 0 aromatic rings. The fourth-order valence-electron chi connectivity index (χ4n) is 4.43. The molecule has 4 rings (SSSR count). The van der Waals surface area contributed by atoms with Crippen LogP contribution in [-0.4, -0.2) is 28.8 Å². The van der Waals surface area contributed by atoms with E-state index in [1.165, 1.54) is 24.1 Å². The third-order valence-electron chi connectivity index (χ3n) is 5.83. The number of ether oxygens (including phenoxy) is 1. The van der Waals surface area contributed by atoms with Crippen molar-refractivity contribution in [1.82, 2.24) is 0 Å². The molecule has 2 aliphatic carbocycles. The summed E-state index contributed by atoms with van der Waals surface area (Å²) in [6.07, 6.45) is 12.7. The van der Waals surface area contributed by atoms with Gasteiger partial charge in [-0.25, -0.2) is 0 Å². The van der Waals surface area contributed by atoms with Crippen LogP contribution in [0.1, 0.15) is 52.4 Å². The second kappa shape index (κ2) is 6.30. The lowest BCUT2D eigenvalue weighted by molar-refractivity contribution is -0.0243. The summed E-state index contributed by atoms with van der Waals surface area (Å²) in [7, 11) is 0. The molecular weight excluding hydrogens is 341 g/mol. The number of nitrogens with zero attached hydrogens (tertiary/aromatic N) is 1. The number of halogens is 2. The minimum atomic E-state index is -0.196. The molecular formula is C20H25Cl2NO. The van der Waals surface area contributed by atoms with Crippen molar-refractivity contribution in [2.45, 2.75) is 75.5 Å². The number of hydrogen-bond donors (Lipinski definition) is 0. The van der Waals surface area contributed by atoms with Gasteiger partial charge in [-0.15, -0.1) is 11.6 Å². The van der Waals surface area contributed by atoms with Crippen LogP contribution in [0.4, 0.5) is 0 Å². The van der Waals surface area contributed by atoms with Crippen LogP contribution in [0.2, 0.25) is 0 Å². The van der Waals surface area contributed by atoms with Gasteiger partial charge in [-0.1, -0.05) is 30.7 Å². The van der Waals surface area contributed by atoms with Gasteiger partial charge in [0.25, 0.3) is 0 Å². The Morgan fingerprint density at radius 2 is 2.00 bits per heavy atom. The zero-order valence-corrected chi connectivity index (χ0v) is 15.9. The van der Waals surface area contributed by atoms with Crippen molar-refractivity contribution in [3.05, 3.63) is 34.4 Å². The number of hydrogen-bond acceptors (Lipinski definition) is 2. The van der Waals surface area contributed by atoms with Gasteiger partial charge in [-0.05, 0) is 56.6 Å². The van der Waals surface area contributed by atoms with Crippen LogP contribution in [0.5, 0.6) is 0 Å². The molecule has 0 radical (unpaired) electrons. The predicted octanol–water partition coefficient (Wildman–Crippen LogP) is 5.55. The predicted molar refractivity (Wildman–Crippen MR) is 101 cm³/mol.